The molecule has 0 aliphatic carbocycles. The lowest BCUT2D eigenvalue weighted by Gasteiger charge is -2.29. The van der Waals surface area contributed by atoms with Gasteiger partial charge in [0.05, 0.1) is 0 Å². The highest BCUT2D eigenvalue weighted by Gasteiger charge is 2.26. The molecule has 1 N–H and O–H groups in total. The minimum atomic E-state index is -0.643. The Morgan fingerprint density at radius 1 is 1.14 bits per heavy atom. The fraction of sp³-hybridized carbons (Fsp3) is 0.364. The number of amides is 2. The minimum Gasteiger partial charge on any atom is -0.484 e. The summed E-state index contributed by atoms with van der Waals surface area (Å²) in [6.07, 6.45) is 0.817. The van der Waals surface area contributed by atoms with Crippen molar-refractivity contribution in [3.8, 4) is 5.75 Å². The Morgan fingerprint density at radius 2 is 1.82 bits per heavy atom. The molecule has 28 heavy (non-hydrogen) atoms. The van der Waals surface area contributed by atoms with Gasteiger partial charge in [-0.1, -0.05) is 31.2 Å². The number of nitrogens with one attached hydrogen (secondary N) is 1. The number of nitrogens with zero attached hydrogens (tertiary/aromatic N) is 1. The van der Waals surface area contributed by atoms with Gasteiger partial charge in [0.1, 0.15) is 17.6 Å². The summed E-state index contributed by atoms with van der Waals surface area (Å²) in [4.78, 5) is 26.8. The number of benzene rings is 2. The second-order valence-electron chi connectivity index (χ2n) is 6.66. The highest BCUT2D eigenvalue weighted by atomic mass is 19.1. The van der Waals surface area contributed by atoms with Crippen molar-refractivity contribution in [2.24, 2.45) is 0 Å². The fourth-order valence-corrected chi connectivity index (χ4v) is 2.71. The van der Waals surface area contributed by atoms with Crippen LogP contribution in [0.4, 0.5) is 4.39 Å². The van der Waals surface area contributed by atoms with Crippen LogP contribution in [0.2, 0.25) is 0 Å². The van der Waals surface area contributed by atoms with Crippen molar-refractivity contribution in [3.63, 3.8) is 0 Å². The third kappa shape index (κ3) is 6.08. The first-order valence-corrected chi connectivity index (χ1v) is 9.42. The van der Waals surface area contributed by atoms with Crippen LogP contribution in [0.25, 0.3) is 0 Å². The fourth-order valence-electron chi connectivity index (χ4n) is 2.71. The lowest BCUT2D eigenvalue weighted by molar-refractivity contribution is -0.142. The third-order valence-corrected chi connectivity index (χ3v) is 4.49. The molecule has 0 spiro atoms. The van der Waals surface area contributed by atoms with Gasteiger partial charge >= 0.3 is 0 Å². The summed E-state index contributed by atoms with van der Waals surface area (Å²) in [7, 11) is 0. The van der Waals surface area contributed by atoms with Crippen LogP contribution < -0.4 is 10.1 Å². The van der Waals surface area contributed by atoms with Crippen LogP contribution in [0, 0.1) is 12.7 Å². The number of ether oxygens (including phenoxy) is 1. The molecular weight excluding hydrogens is 359 g/mol. The Morgan fingerprint density at radius 3 is 2.46 bits per heavy atom. The average molecular weight is 386 g/mol. The van der Waals surface area contributed by atoms with Crippen molar-refractivity contribution in [1.82, 2.24) is 10.2 Å². The number of rotatable bonds is 9. The van der Waals surface area contributed by atoms with Gasteiger partial charge in [-0.3, -0.25) is 9.59 Å². The van der Waals surface area contributed by atoms with E-state index in [4.69, 9.17) is 4.74 Å². The highest BCUT2D eigenvalue weighted by Crippen LogP contribution is 2.15. The summed E-state index contributed by atoms with van der Waals surface area (Å²) in [6, 6.07) is 12.6. The van der Waals surface area contributed by atoms with Crippen LogP contribution in [0.15, 0.2) is 48.5 Å². The Kier molecular flexibility index (Phi) is 7.99. The standard InChI is InChI=1S/C22H27FN2O3/c1-4-13-24-22(27)17(3)25(14-18-8-6-5-7-16(18)2)21(26)15-28-20-11-9-19(23)10-12-20/h5-12,17H,4,13-15H2,1-3H3,(H,24,27)/t17-/m0/s1. The van der Waals surface area contributed by atoms with E-state index in [0.717, 1.165) is 17.5 Å². The van der Waals surface area contributed by atoms with Crippen molar-refractivity contribution < 1.29 is 18.7 Å². The maximum Gasteiger partial charge on any atom is 0.261 e. The van der Waals surface area contributed by atoms with Crippen molar-refractivity contribution in [3.05, 3.63) is 65.5 Å². The van der Waals surface area contributed by atoms with Gasteiger partial charge in [-0.25, -0.2) is 4.39 Å². The summed E-state index contributed by atoms with van der Waals surface area (Å²) in [6.45, 7) is 6.27. The topological polar surface area (TPSA) is 58.6 Å². The Labute approximate surface area is 165 Å². The molecule has 0 aliphatic rings. The second kappa shape index (κ2) is 10.4. The number of carbonyl (C=O) groups excluding carboxylic acids is 2. The molecule has 0 aromatic heterocycles. The van der Waals surface area contributed by atoms with E-state index < -0.39 is 6.04 Å². The quantitative estimate of drug-likeness (QED) is 0.718. The van der Waals surface area contributed by atoms with E-state index in [2.05, 4.69) is 5.32 Å². The normalized spacial score (nSPS) is 11.6. The zero-order chi connectivity index (χ0) is 20.5. The van der Waals surface area contributed by atoms with E-state index in [0.29, 0.717) is 18.8 Å². The van der Waals surface area contributed by atoms with Gasteiger partial charge in [0.15, 0.2) is 6.61 Å². The molecule has 2 amide bonds. The van der Waals surface area contributed by atoms with Gasteiger partial charge in [-0.15, -0.1) is 0 Å². The summed E-state index contributed by atoms with van der Waals surface area (Å²) >= 11 is 0. The maximum atomic E-state index is 13.0. The van der Waals surface area contributed by atoms with E-state index >= 15 is 0 Å². The van der Waals surface area contributed by atoms with Crippen molar-refractivity contribution >= 4 is 11.8 Å². The molecule has 0 heterocycles. The van der Waals surface area contributed by atoms with E-state index in [1.165, 1.54) is 29.2 Å². The molecule has 0 bridgehead atoms. The molecule has 2 aromatic carbocycles. The maximum absolute atomic E-state index is 13.0. The largest absolute Gasteiger partial charge is 0.484 e. The first-order valence-electron chi connectivity index (χ1n) is 9.42. The first kappa shape index (κ1) is 21.4. The number of hydrogen-bond donors (Lipinski definition) is 1. The molecular formula is C22H27FN2O3. The van der Waals surface area contributed by atoms with Gasteiger partial charge in [-0.2, -0.15) is 0 Å². The van der Waals surface area contributed by atoms with Crippen LogP contribution in [0.1, 0.15) is 31.4 Å². The zero-order valence-electron chi connectivity index (χ0n) is 16.6. The SMILES string of the molecule is CCCNC(=O)[C@H](C)N(Cc1ccccc1C)C(=O)COc1ccc(F)cc1. The molecule has 6 heteroatoms. The Hall–Kier alpha value is -2.89. The molecule has 150 valence electrons. The van der Waals surface area contributed by atoms with Crippen LogP contribution in [0.5, 0.6) is 5.75 Å². The smallest absolute Gasteiger partial charge is 0.261 e. The van der Waals surface area contributed by atoms with Crippen LogP contribution in [-0.4, -0.2) is 35.9 Å². The van der Waals surface area contributed by atoms with Gasteiger partial charge in [0.2, 0.25) is 5.91 Å². The number of halogens is 1. The predicted octanol–water partition coefficient (Wildman–Crippen LogP) is 3.46. The molecule has 1 atom stereocenters. The molecule has 0 saturated heterocycles. The molecule has 0 unspecified atom stereocenters. The number of hydrogen-bond acceptors (Lipinski definition) is 3. The zero-order valence-corrected chi connectivity index (χ0v) is 16.6. The molecule has 0 radical (unpaired) electrons. The predicted molar refractivity (Wildman–Crippen MR) is 106 cm³/mol. The second-order valence-corrected chi connectivity index (χ2v) is 6.66. The van der Waals surface area contributed by atoms with Gasteiger partial charge in [-0.05, 0) is 55.7 Å². The van der Waals surface area contributed by atoms with E-state index in [9.17, 15) is 14.0 Å². The molecule has 0 aliphatic heterocycles. The lowest BCUT2D eigenvalue weighted by Crippen LogP contribution is -2.49. The minimum absolute atomic E-state index is 0.203. The Balaban J connectivity index is 2.13. The van der Waals surface area contributed by atoms with E-state index in [1.54, 1.807) is 6.92 Å². The molecule has 2 rings (SSSR count). The van der Waals surface area contributed by atoms with Crippen molar-refractivity contribution in [2.75, 3.05) is 13.2 Å². The first-order chi connectivity index (χ1) is 13.4. The van der Waals surface area contributed by atoms with E-state index in [-0.39, 0.29) is 24.2 Å². The van der Waals surface area contributed by atoms with Gasteiger partial charge in [0.25, 0.3) is 5.91 Å². The van der Waals surface area contributed by atoms with Crippen molar-refractivity contribution in [2.45, 2.75) is 39.8 Å². The number of carbonyl (C=O) groups is 2. The number of aryl methyl sites for hydroxylation is 1. The summed E-state index contributed by atoms with van der Waals surface area (Å²) < 4.78 is 18.5. The van der Waals surface area contributed by atoms with E-state index in [1.807, 2.05) is 38.1 Å². The monoisotopic (exact) mass is 386 g/mol. The summed E-state index contributed by atoms with van der Waals surface area (Å²) in [5.41, 5.74) is 2.01. The lowest BCUT2D eigenvalue weighted by atomic mass is 10.1. The van der Waals surface area contributed by atoms with Crippen LogP contribution >= 0.6 is 0 Å². The third-order valence-electron chi connectivity index (χ3n) is 4.49. The Bertz CT molecular complexity index is 793. The van der Waals surface area contributed by atoms with Crippen LogP contribution in [-0.2, 0) is 16.1 Å². The molecule has 2 aromatic rings. The van der Waals surface area contributed by atoms with Crippen molar-refractivity contribution in [1.29, 1.82) is 0 Å². The van der Waals surface area contributed by atoms with Gasteiger partial charge in [0, 0.05) is 13.1 Å². The molecule has 5 nitrogen and oxygen atoms in total. The summed E-state index contributed by atoms with van der Waals surface area (Å²) in [5, 5.41) is 2.83. The highest BCUT2D eigenvalue weighted by molar-refractivity contribution is 5.87. The van der Waals surface area contributed by atoms with Crippen LogP contribution in [0.3, 0.4) is 0 Å². The molecule has 0 fully saturated rings. The molecule has 0 saturated carbocycles. The average Bonchev–Trinajstić information content (AvgIpc) is 2.70. The van der Waals surface area contributed by atoms with Gasteiger partial charge < -0.3 is 15.0 Å². The summed E-state index contributed by atoms with van der Waals surface area (Å²) in [5.74, 6) is -0.493.